The topological polar surface area (TPSA) is 92.5 Å². The number of hydrogen-bond acceptors (Lipinski definition) is 4. The van der Waals surface area contributed by atoms with Crippen LogP contribution < -0.4 is 11.1 Å². The molecular weight excluding hydrogens is 290 g/mol. The maximum absolute atomic E-state index is 11.9. The van der Waals surface area contributed by atoms with Gasteiger partial charge in [0, 0.05) is 25.7 Å². The normalized spacial score (nSPS) is 13.2. The van der Waals surface area contributed by atoms with Gasteiger partial charge in [-0.15, -0.1) is 0 Å². The summed E-state index contributed by atoms with van der Waals surface area (Å²) in [6, 6.07) is 6.14. The maximum Gasteiger partial charge on any atom is 0.242 e. The third-order valence-corrected chi connectivity index (χ3v) is 5.02. The largest absolute Gasteiger partial charge is 0.330 e. The molecule has 1 aromatic rings. The molecule has 6 nitrogen and oxygen atoms in total. The van der Waals surface area contributed by atoms with Gasteiger partial charge >= 0.3 is 0 Å². The first-order chi connectivity index (χ1) is 9.78. The van der Waals surface area contributed by atoms with Crippen LogP contribution in [-0.4, -0.2) is 39.3 Å². The Hall–Kier alpha value is -1.44. The van der Waals surface area contributed by atoms with E-state index in [1.165, 1.54) is 26.2 Å². The van der Waals surface area contributed by atoms with Crippen molar-refractivity contribution in [1.29, 1.82) is 0 Å². The van der Waals surface area contributed by atoms with Crippen LogP contribution in [0.2, 0.25) is 0 Å². The molecule has 0 aliphatic heterocycles. The standard InChI is InChI=1S/C14H23N3O3S/c1-11(5-4-10-15)14(18)16-12-6-8-13(9-7-12)21(19,20)17(2)3/h6-9,11H,4-5,10,15H2,1-3H3,(H,16,18). The molecule has 7 heteroatoms. The molecule has 0 heterocycles. The second-order valence-electron chi connectivity index (χ2n) is 5.13. The van der Waals surface area contributed by atoms with Crippen LogP contribution in [0.25, 0.3) is 0 Å². The molecule has 1 rings (SSSR count). The first kappa shape index (κ1) is 17.6. The molecule has 1 aromatic carbocycles. The number of nitrogens with one attached hydrogen (secondary N) is 1. The number of benzene rings is 1. The van der Waals surface area contributed by atoms with Gasteiger partial charge in [-0.25, -0.2) is 12.7 Å². The summed E-state index contributed by atoms with van der Waals surface area (Å²) in [6.07, 6.45) is 1.53. The fraction of sp³-hybridized carbons (Fsp3) is 0.500. The van der Waals surface area contributed by atoms with Gasteiger partial charge < -0.3 is 11.1 Å². The van der Waals surface area contributed by atoms with Gasteiger partial charge in [0.05, 0.1) is 4.90 Å². The lowest BCUT2D eigenvalue weighted by atomic mass is 10.0. The highest BCUT2D eigenvalue weighted by molar-refractivity contribution is 7.89. The SMILES string of the molecule is CC(CCCN)C(=O)Nc1ccc(S(=O)(=O)N(C)C)cc1. The zero-order valence-corrected chi connectivity index (χ0v) is 13.5. The van der Waals surface area contributed by atoms with Crippen molar-refractivity contribution in [2.75, 3.05) is 26.0 Å². The zero-order chi connectivity index (χ0) is 16.0. The lowest BCUT2D eigenvalue weighted by Gasteiger charge is -2.13. The molecule has 3 N–H and O–H groups in total. The average molecular weight is 313 g/mol. The van der Waals surface area contributed by atoms with E-state index in [0.29, 0.717) is 12.2 Å². The fourth-order valence-corrected chi connectivity index (χ4v) is 2.64. The molecule has 0 spiro atoms. The minimum Gasteiger partial charge on any atom is -0.330 e. The van der Waals surface area contributed by atoms with Crippen LogP contribution in [0.15, 0.2) is 29.2 Å². The third kappa shape index (κ3) is 4.80. The van der Waals surface area contributed by atoms with Crippen molar-refractivity contribution in [3.8, 4) is 0 Å². The first-order valence-electron chi connectivity index (χ1n) is 6.82. The van der Waals surface area contributed by atoms with Gasteiger partial charge in [0.2, 0.25) is 15.9 Å². The molecule has 0 aromatic heterocycles. The van der Waals surface area contributed by atoms with E-state index in [9.17, 15) is 13.2 Å². The number of sulfonamides is 1. The summed E-state index contributed by atoms with van der Waals surface area (Å²) in [5.41, 5.74) is 6.00. The van der Waals surface area contributed by atoms with Gasteiger partial charge in [0.1, 0.15) is 0 Å². The number of rotatable bonds is 7. The molecule has 0 radical (unpaired) electrons. The second-order valence-corrected chi connectivity index (χ2v) is 7.28. The van der Waals surface area contributed by atoms with Crippen LogP contribution in [0.4, 0.5) is 5.69 Å². The van der Waals surface area contributed by atoms with E-state index in [4.69, 9.17) is 5.73 Å². The Balaban J connectivity index is 2.74. The predicted octanol–water partition coefficient (Wildman–Crippen LogP) is 1.25. The molecular formula is C14H23N3O3S. The van der Waals surface area contributed by atoms with Crippen molar-refractivity contribution in [1.82, 2.24) is 4.31 Å². The Kier molecular flexibility index (Phi) is 6.32. The number of nitrogens with zero attached hydrogens (tertiary/aromatic N) is 1. The van der Waals surface area contributed by atoms with E-state index < -0.39 is 10.0 Å². The van der Waals surface area contributed by atoms with Crippen LogP contribution in [0, 0.1) is 5.92 Å². The van der Waals surface area contributed by atoms with Crippen LogP contribution in [0.1, 0.15) is 19.8 Å². The summed E-state index contributed by atoms with van der Waals surface area (Å²) in [5.74, 6) is -0.217. The molecule has 1 amide bonds. The van der Waals surface area contributed by atoms with E-state index in [1.807, 2.05) is 6.92 Å². The monoisotopic (exact) mass is 313 g/mol. The second kappa shape index (κ2) is 7.53. The van der Waals surface area contributed by atoms with Gasteiger partial charge in [0.15, 0.2) is 0 Å². The van der Waals surface area contributed by atoms with Gasteiger partial charge in [-0.3, -0.25) is 4.79 Å². The van der Waals surface area contributed by atoms with Gasteiger partial charge in [-0.1, -0.05) is 6.92 Å². The van der Waals surface area contributed by atoms with Gasteiger partial charge in [-0.05, 0) is 43.7 Å². The summed E-state index contributed by atoms with van der Waals surface area (Å²) in [6.45, 7) is 2.41. The Morgan fingerprint density at radius 1 is 1.29 bits per heavy atom. The minimum absolute atomic E-state index is 0.0910. The van der Waals surface area contributed by atoms with Gasteiger partial charge in [-0.2, -0.15) is 0 Å². The quantitative estimate of drug-likeness (QED) is 0.792. The molecule has 1 atom stereocenters. The van der Waals surface area contributed by atoms with Crippen LogP contribution in [0.3, 0.4) is 0 Å². The van der Waals surface area contributed by atoms with Crippen LogP contribution >= 0.6 is 0 Å². The number of carbonyl (C=O) groups is 1. The average Bonchev–Trinajstić information content (AvgIpc) is 2.45. The van der Waals surface area contributed by atoms with Crippen molar-refractivity contribution in [3.05, 3.63) is 24.3 Å². The summed E-state index contributed by atoms with van der Waals surface area (Å²) in [4.78, 5) is 12.1. The summed E-state index contributed by atoms with van der Waals surface area (Å²) >= 11 is 0. The van der Waals surface area contributed by atoms with E-state index >= 15 is 0 Å². The van der Waals surface area contributed by atoms with Crippen molar-refractivity contribution in [3.63, 3.8) is 0 Å². The van der Waals surface area contributed by atoms with Crippen LogP contribution in [-0.2, 0) is 14.8 Å². The lowest BCUT2D eigenvalue weighted by molar-refractivity contribution is -0.119. The molecule has 0 aliphatic rings. The molecule has 0 fully saturated rings. The summed E-state index contributed by atoms with van der Waals surface area (Å²) in [7, 11) is -0.491. The third-order valence-electron chi connectivity index (χ3n) is 3.19. The first-order valence-corrected chi connectivity index (χ1v) is 8.26. The number of anilines is 1. The van der Waals surface area contributed by atoms with Crippen molar-refractivity contribution >= 4 is 21.6 Å². The Morgan fingerprint density at radius 2 is 1.86 bits per heavy atom. The van der Waals surface area contributed by atoms with Crippen molar-refractivity contribution in [2.45, 2.75) is 24.7 Å². The predicted molar refractivity (Wildman–Crippen MR) is 83.4 cm³/mol. The fourth-order valence-electron chi connectivity index (χ4n) is 1.74. The van der Waals surface area contributed by atoms with E-state index in [0.717, 1.165) is 17.1 Å². The smallest absolute Gasteiger partial charge is 0.242 e. The lowest BCUT2D eigenvalue weighted by Crippen LogP contribution is -2.23. The molecule has 0 bridgehead atoms. The minimum atomic E-state index is -3.44. The highest BCUT2D eigenvalue weighted by Crippen LogP contribution is 2.17. The van der Waals surface area contributed by atoms with E-state index in [2.05, 4.69) is 5.32 Å². The summed E-state index contributed by atoms with van der Waals surface area (Å²) in [5, 5.41) is 2.77. The molecule has 21 heavy (non-hydrogen) atoms. The highest BCUT2D eigenvalue weighted by Gasteiger charge is 2.17. The van der Waals surface area contributed by atoms with Crippen molar-refractivity contribution in [2.24, 2.45) is 11.7 Å². The Morgan fingerprint density at radius 3 is 2.33 bits per heavy atom. The van der Waals surface area contributed by atoms with E-state index in [-0.39, 0.29) is 16.7 Å². The Bertz CT molecular complexity index is 568. The zero-order valence-electron chi connectivity index (χ0n) is 12.7. The molecule has 0 aliphatic carbocycles. The summed E-state index contributed by atoms with van der Waals surface area (Å²) < 4.78 is 25.0. The molecule has 0 saturated carbocycles. The van der Waals surface area contributed by atoms with Gasteiger partial charge in [0.25, 0.3) is 0 Å². The molecule has 1 unspecified atom stereocenters. The number of carbonyl (C=O) groups excluding carboxylic acids is 1. The molecule has 0 saturated heterocycles. The number of amides is 1. The highest BCUT2D eigenvalue weighted by atomic mass is 32.2. The Labute approximate surface area is 126 Å². The van der Waals surface area contributed by atoms with E-state index in [1.54, 1.807) is 12.1 Å². The number of hydrogen-bond donors (Lipinski definition) is 2. The maximum atomic E-state index is 11.9. The van der Waals surface area contributed by atoms with Crippen LogP contribution in [0.5, 0.6) is 0 Å². The molecule has 118 valence electrons. The number of nitrogens with two attached hydrogens (primary N) is 1. The van der Waals surface area contributed by atoms with Crippen molar-refractivity contribution < 1.29 is 13.2 Å².